The van der Waals surface area contributed by atoms with Crippen LogP contribution in [0.5, 0.6) is 0 Å². The van der Waals surface area contributed by atoms with Crippen LogP contribution in [0.1, 0.15) is 24.8 Å². The molecule has 0 aliphatic carbocycles. The van der Waals surface area contributed by atoms with Crippen molar-refractivity contribution in [2.75, 3.05) is 13.1 Å². The number of likely N-dealkylation sites (tertiary alicyclic amines) is 1. The van der Waals surface area contributed by atoms with Crippen LogP contribution in [-0.2, 0) is 16.0 Å². The van der Waals surface area contributed by atoms with Gasteiger partial charge in [-0.1, -0.05) is 28.1 Å². The van der Waals surface area contributed by atoms with E-state index in [4.69, 9.17) is 5.11 Å². The quantitative estimate of drug-likeness (QED) is 0.897. The van der Waals surface area contributed by atoms with Crippen LogP contribution >= 0.6 is 15.9 Å². The third-order valence-electron chi connectivity index (χ3n) is 3.62. The van der Waals surface area contributed by atoms with E-state index in [1.807, 2.05) is 24.3 Å². The molecule has 0 radical (unpaired) electrons. The maximum Gasteiger partial charge on any atom is 0.303 e. The van der Waals surface area contributed by atoms with E-state index in [1.165, 1.54) is 0 Å². The average Bonchev–Trinajstić information content (AvgIpc) is 2.84. The van der Waals surface area contributed by atoms with Gasteiger partial charge in [0.05, 0.1) is 0 Å². The first-order valence-corrected chi connectivity index (χ1v) is 7.58. The van der Waals surface area contributed by atoms with Crippen molar-refractivity contribution in [2.24, 2.45) is 5.92 Å². The first-order valence-electron chi connectivity index (χ1n) is 6.78. The monoisotopic (exact) mass is 339 g/mol. The molecule has 0 bridgehead atoms. The van der Waals surface area contributed by atoms with E-state index in [9.17, 15) is 9.59 Å². The lowest BCUT2D eigenvalue weighted by atomic mass is 10.1. The van der Waals surface area contributed by atoms with Crippen molar-refractivity contribution in [1.82, 2.24) is 4.90 Å². The van der Waals surface area contributed by atoms with E-state index >= 15 is 0 Å². The van der Waals surface area contributed by atoms with Crippen LogP contribution in [0.2, 0.25) is 0 Å². The number of rotatable bonds is 5. The minimum Gasteiger partial charge on any atom is -0.481 e. The number of carboxylic acids is 1. The molecule has 1 amide bonds. The molecule has 0 saturated carbocycles. The second kappa shape index (κ2) is 6.88. The summed E-state index contributed by atoms with van der Waals surface area (Å²) in [6, 6.07) is 7.95. The Morgan fingerprint density at radius 2 is 2.20 bits per heavy atom. The molecule has 1 atom stereocenters. The molecule has 5 heteroatoms. The normalized spacial score (nSPS) is 18.2. The Morgan fingerprint density at radius 3 is 2.90 bits per heavy atom. The molecule has 1 saturated heterocycles. The molecule has 1 unspecified atom stereocenters. The largest absolute Gasteiger partial charge is 0.481 e. The molecule has 2 rings (SSSR count). The number of amides is 1. The molecule has 1 aromatic carbocycles. The van der Waals surface area contributed by atoms with E-state index < -0.39 is 5.97 Å². The molecule has 108 valence electrons. The van der Waals surface area contributed by atoms with Gasteiger partial charge in [-0.25, -0.2) is 0 Å². The van der Waals surface area contributed by atoms with E-state index in [0.717, 1.165) is 22.9 Å². The number of nitrogens with zero attached hydrogens (tertiary/aromatic N) is 1. The lowest BCUT2D eigenvalue weighted by Crippen LogP contribution is -2.29. The van der Waals surface area contributed by atoms with Crippen LogP contribution in [0.15, 0.2) is 28.7 Å². The van der Waals surface area contributed by atoms with Gasteiger partial charge in [-0.15, -0.1) is 0 Å². The highest BCUT2D eigenvalue weighted by Gasteiger charge is 2.27. The van der Waals surface area contributed by atoms with Crippen LogP contribution in [0.25, 0.3) is 0 Å². The summed E-state index contributed by atoms with van der Waals surface area (Å²) in [7, 11) is 0. The summed E-state index contributed by atoms with van der Waals surface area (Å²) in [6.07, 6.45) is 2.17. The number of carboxylic acid groups (broad SMARTS) is 1. The number of aryl methyl sites for hydroxylation is 1. The number of halogens is 1. The van der Waals surface area contributed by atoms with Crippen molar-refractivity contribution in [3.8, 4) is 0 Å². The topological polar surface area (TPSA) is 57.6 Å². The molecule has 4 nitrogen and oxygen atoms in total. The second-order valence-electron chi connectivity index (χ2n) is 5.22. The molecule has 0 spiro atoms. The highest BCUT2D eigenvalue weighted by Crippen LogP contribution is 2.21. The average molecular weight is 340 g/mol. The number of carbonyl (C=O) groups excluding carboxylic acids is 1. The molecular weight excluding hydrogens is 322 g/mol. The van der Waals surface area contributed by atoms with Gasteiger partial charge in [0, 0.05) is 30.4 Å². The zero-order chi connectivity index (χ0) is 14.5. The fraction of sp³-hybridized carbons (Fsp3) is 0.467. The third kappa shape index (κ3) is 4.34. The zero-order valence-corrected chi connectivity index (χ0v) is 12.8. The van der Waals surface area contributed by atoms with Crippen molar-refractivity contribution in [1.29, 1.82) is 0 Å². The van der Waals surface area contributed by atoms with Crippen LogP contribution < -0.4 is 0 Å². The summed E-state index contributed by atoms with van der Waals surface area (Å²) in [6.45, 7) is 1.28. The van der Waals surface area contributed by atoms with Crippen LogP contribution in [-0.4, -0.2) is 35.0 Å². The number of carbonyl (C=O) groups is 2. The SMILES string of the molecule is O=C(O)CC1CCN(C(=O)CCc2cccc(Br)c2)C1. The summed E-state index contributed by atoms with van der Waals surface area (Å²) in [5.74, 6) is -0.543. The van der Waals surface area contributed by atoms with Crippen molar-refractivity contribution in [3.05, 3.63) is 34.3 Å². The smallest absolute Gasteiger partial charge is 0.303 e. The molecule has 1 N–H and O–H groups in total. The molecule has 0 aromatic heterocycles. The van der Waals surface area contributed by atoms with Gasteiger partial charge in [0.25, 0.3) is 0 Å². The fourth-order valence-electron chi connectivity index (χ4n) is 2.57. The molecule has 1 aliphatic rings. The Bertz CT molecular complexity index is 504. The van der Waals surface area contributed by atoms with Gasteiger partial charge in [-0.05, 0) is 36.5 Å². The molecular formula is C15H18BrNO3. The highest BCUT2D eigenvalue weighted by atomic mass is 79.9. The molecule has 1 heterocycles. The molecule has 20 heavy (non-hydrogen) atoms. The van der Waals surface area contributed by atoms with Crippen molar-refractivity contribution in [2.45, 2.75) is 25.7 Å². The third-order valence-corrected chi connectivity index (χ3v) is 4.11. The van der Waals surface area contributed by atoms with Crippen LogP contribution in [0.4, 0.5) is 0 Å². The predicted molar refractivity (Wildman–Crippen MR) is 79.4 cm³/mol. The lowest BCUT2D eigenvalue weighted by molar-refractivity contribution is -0.138. The number of hydrogen-bond acceptors (Lipinski definition) is 2. The first-order chi connectivity index (χ1) is 9.54. The molecule has 1 aliphatic heterocycles. The lowest BCUT2D eigenvalue weighted by Gasteiger charge is -2.16. The Hall–Kier alpha value is -1.36. The van der Waals surface area contributed by atoms with Crippen LogP contribution in [0, 0.1) is 5.92 Å². The summed E-state index contributed by atoms with van der Waals surface area (Å²) >= 11 is 3.42. The Kier molecular flexibility index (Phi) is 5.17. The van der Waals surface area contributed by atoms with Crippen molar-refractivity contribution < 1.29 is 14.7 Å². The van der Waals surface area contributed by atoms with Gasteiger partial charge >= 0.3 is 5.97 Å². The Balaban J connectivity index is 1.80. The number of hydrogen-bond donors (Lipinski definition) is 1. The summed E-state index contributed by atoms with van der Waals surface area (Å²) in [5, 5.41) is 8.77. The number of benzene rings is 1. The maximum absolute atomic E-state index is 12.1. The van der Waals surface area contributed by atoms with Gasteiger partial charge in [0.1, 0.15) is 0 Å². The van der Waals surface area contributed by atoms with Crippen molar-refractivity contribution in [3.63, 3.8) is 0 Å². The minimum absolute atomic E-state index is 0.113. The summed E-state index contributed by atoms with van der Waals surface area (Å²) < 4.78 is 1.02. The van der Waals surface area contributed by atoms with Crippen molar-refractivity contribution >= 4 is 27.8 Å². The predicted octanol–water partition coefficient (Wildman–Crippen LogP) is 2.70. The van der Waals surface area contributed by atoms with E-state index in [-0.39, 0.29) is 18.2 Å². The maximum atomic E-state index is 12.1. The zero-order valence-electron chi connectivity index (χ0n) is 11.2. The van der Waals surface area contributed by atoms with Gasteiger partial charge in [-0.3, -0.25) is 9.59 Å². The first kappa shape index (κ1) is 15.0. The van der Waals surface area contributed by atoms with Gasteiger partial charge in [0.2, 0.25) is 5.91 Å². The number of aliphatic carboxylic acids is 1. The fourth-order valence-corrected chi connectivity index (χ4v) is 3.02. The van der Waals surface area contributed by atoms with Gasteiger partial charge < -0.3 is 10.0 Å². The van der Waals surface area contributed by atoms with Crippen LogP contribution in [0.3, 0.4) is 0 Å². The Morgan fingerprint density at radius 1 is 1.40 bits per heavy atom. The minimum atomic E-state index is -0.779. The second-order valence-corrected chi connectivity index (χ2v) is 6.14. The molecule has 1 aromatic rings. The molecule has 1 fully saturated rings. The summed E-state index contributed by atoms with van der Waals surface area (Å²) in [4.78, 5) is 24.6. The standard InChI is InChI=1S/C15H18BrNO3/c16-13-3-1-2-11(8-13)4-5-14(18)17-7-6-12(10-17)9-15(19)20/h1-3,8,12H,4-7,9-10H2,(H,19,20). The van der Waals surface area contributed by atoms with E-state index in [2.05, 4.69) is 15.9 Å². The van der Waals surface area contributed by atoms with E-state index in [1.54, 1.807) is 4.90 Å². The summed E-state index contributed by atoms with van der Waals surface area (Å²) in [5.41, 5.74) is 1.13. The highest BCUT2D eigenvalue weighted by molar-refractivity contribution is 9.10. The Labute approximate surface area is 126 Å². The van der Waals surface area contributed by atoms with Gasteiger partial charge in [0.15, 0.2) is 0 Å². The van der Waals surface area contributed by atoms with E-state index in [0.29, 0.717) is 19.5 Å². The van der Waals surface area contributed by atoms with Gasteiger partial charge in [-0.2, -0.15) is 0 Å².